The van der Waals surface area contributed by atoms with Crippen molar-refractivity contribution in [1.82, 2.24) is 0 Å². The Morgan fingerprint density at radius 3 is 2.38 bits per heavy atom. The van der Waals surface area contributed by atoms with Crippen LogP contribution in [0, 0.1) is 10.1 Å². The summed E-state index contributed by atoms with van der Waals surface area (Å²) in [7, 11) is 0. The third-order valence-electron chi connectivity index (χ3n) is 2.64. The van der Waals surface area contributed by atoms with Crippen LogP contribution in [-0.4, -0.2) is 21.6 Å². The number of hydrogen-bond donors (Lipinski definition) is 0. The first-order chi connectivity index (χ1) is 9.49. The summed E-state index contributed by atoms with van der Waals surface area (Å²) in [5.74, 6) is -0.802. The molecule has 9 heteroatoms. The Labute approximate surface area is 126 Å². The van der Waals surface area contributed by atoms with Crippen LogP contribution in [0.3, 0.4) is 0 Å². The summed E-state index contributed by atoms with van der Waals surface area (Å²) in [6, 6.07) is 1.88. The lowest BCUT2D eigenvalue weighted by Gasteiger charge is -2.24. The number of halogens is 4. The average Bonchev–Trinajstić information content (AvgIpc) is 2.36. The fourth-order valence-electron chi connectivity index (χ4n) is 1.42. The Kier molecular flexibility index (Phi) is 4.98. The van der Waals surface area contributed by atoms with Gasteiger partial charge in [-0.1, -0.05) is 15.9 Å². The predicted molar refractivity (Wildman–Crippen MR) is 71.6 cm³/mol. The second-order valence-corrected chi connectivity index (χ2v) is 5.17. The molecule has 0 saturated carbocycles. The third kappa shape index (κ3) is 4.16. The lowest BCUT2D eigenvalue weighted by atomic mass is 10.0. The number of carbonyl (C=O) groups is 1. The van der Waals surface area contributed by atoms with Crippen LogP contribution in [0.5, 0.6) is 5.75 Å². The quantitative estimate of drug-likeness (QED) is 0.450. The Hall–Kier alpha value is -1.64. The SMILES string of the molecule is CC(C)(Oc1ccc(C(F)(F)F)cc1[N+](=O)[O-])C(=O)CBr. The van der Waals surface area contributed by atoms with Crippen molar-refractivity contribution < 1.29 is 27.6 Å². The van der Waals surface area contributed by atoms with Crippen LogP contribution in [0.15, 0.2) is 18.2 Å². The summed E-state index contributed by atoms with van der Waals surface area (Å²) in [4.78, 5) is 21.5. The normalized spacial score (nSPS) is 12.1. The van der Waals surface area contributed by atoms with Crippen molar-refractivity contribution in [3.05, 3.63) is 33.9 Å². The molecule has 1 aromatic carbocycles. The van der Waals surface area contributed by atoms with Crippen molar-refractivity contribution >= 4 is 27.4 Å². The molecule has 0 aliphatic carbocycles. The topological polar surface area (TPSA) is 69.4 Å². The highest BCUT2D eigenvalue weighted by molar-refractivity contribution is 9.09. The molecule has 1 rings (SSSR count). The van der Waals surface area contributed by atoms with Gasteiger partial charge in [-0.05, 0) is 26.0 Å². The number of nitro groups is 1. The van der Waals surface area contributed by atoms with E-state index < -0.39 is 39.5 Å². The van der Waals surface area contributed by atoms with E-state index >= 15 is 0 Å². The molecule has 5 nitrogen and oxygen atoms in total. The van der Waals surface area contributed by atoms with Gasteiger partial charge in [0, 0.05) is 6.07 Å². The van der Waals surface area contributed by atoms with Gasteiger partial charge in [-0.3, -0.25) is 14.9 Å². The van der Waals surface area contributed by atoms with Crippen LogP contribution < -0.4 is 4.74 Å². The molecule has 1 aromatic rings. The fourth-order valence-corrected chi connectivity index (χ4v) is 2.09. The van der Waals surface area contributed by atoms with E-state index in [1.165, 1.54) is 13.8 Å². The van der Waals surface area contributed by atoms with Gasteiger partial charge < -0.3 is 4.74 Å². The largest absolute Gasteiger partial charge is 0.473 e. The molecule has 0 spiro atoms. The molecule has 0 saturated heterocycles. The number of rotatable bonds is 5. The monoisotopic (exact) mass is 369 g/mol. The Morgan fingerprint density at radius 2 is 1.95 bits per heavy atom. The minimum Gasteiger partial charge on any atom is -0.473 e. The van der Waals surface area contributed by atoms with E-state index in [4.69, 9.17) is 4.74 Å². The van der Waals surface area contributed by atoms with Crippen molar-refractivity contribution in [2.45, 2.75) is 25.6 Å². The molecule has 116 valence electrons. The summed E-state index contributed by atoms with van der Waals surface area (Å²) < 4.78 is 42.9. The molecular formula is C12H11BrF3NO4. The highest BCUT2D eigenvalue weighted by atomic mass is 79.9. The van der Waals surface area contributed by atoms with Gasteiger partial charge in [0.05, 0.1) is 15.8 Å². The predicted octanol–water partition coefficient (Wildman–Crippen LogP) is 3.74. The third-order valence-corrected chi connectivity index (χ3v) is 3.15. The first kappa shape index (κ1) is 17.4. The Morgan fingerprint density at radius 1 is 1.38 bits per heavy atom. The van der Waals surface area contributed by atoms with Gasteiger partial charge in [-0.25, -0.2) is 0 Å². The Balaban J connectivity index is 3.26. The first-order valence-electron chi connectivity index (χ1n) is 5.63. The van der Waals surface area contributed by atoms with Gasteiger partial charge in [0.1, 0.15) is 0 Å². The number of benzene rings is 1. The van der Waals surface area contributed by atoms with Gasteiger partial charge >= 0.3 is 11.9 Å². The number of carbonyl (C=O) groups excluding carboxylic acids is 1. The molecule has 0 heterocycles. The second kappa shape index (κ2) is 6.00. The number of Topliss-reactive ketones (excluding diaryl/α,β-unsaturated/α-hetero) is 1. The van der Waals surface area contributed by atoms with Gasteiger partial charge in [-0.2, -0.15) is 13.2 Å². The maximum absolute atomic E-state index is 12.6. The van der Waals surface area contributed by atoms with E-state index in [1.54, 1.807) is 0 Å². The number of ketones is 1. The molecule has 0 fully saturated rings. The molecule has 0 aliphatic rings. The highest BCUT2D eigenvalue weighted by Gasteiger charge is 2.35. The van der Waals surface area contributed by atoms with E-state index in [2.05, 4.69) is 15.9 Å². The number of nitrogens with zero attached hydrogens (tertiary/aromatic N) is 1. The van der Waals surface area contributed by atoms with Crippen LogP contribution in [-0.2, 0) is 11.0 Å². The molecule has 0 aromatic heterocycles. The fraction of sp³-hybridized carbons (Fsp3) is 0.417. The zero-order chi connectivity index (χ0) is 16.4. The second-order valence-electron chi connectivity index (χ2n) is 4.61. The molecule has 0 radical (unpaired) electrons. The maximum atomic E-state index is 12.6. The van der Waals surface area contributed by atoms with E-state index in [0.29, 0.717) is 12.1 Å². The highest BCUT2D eigenvalue weighted by Crippen LogP contribution is 2.37. The van der Waals surface area contributed by atoms with Crippen LogP contribution in [0.2, 0.25) is 0 Å². The maximum Gasteiger partial charge on any atom is 0.416 e. The van der Waals surface area contributed by atoms with Gasteiger partial charge in [0.25, 0.3) is 0 Å². The van der Waals surface area contributed by atoms with Crippen LogP contribution in [0.1, 0.15) is 19.4 Å². The zero-order valence-electron chi connectivity index (χ0n) is 11.0. The number of alkyl halides is 4. The standard InChI is InChI=1S/C12H11BrF3NO4/c1-11(2,10(18)6-13)21-9-4-3-7(12(14,15)16)5-8(9)17(19)20/h3-5H,6H2,1-2H3. The van der Waals surface area contributed by atoms with E-state index in [-0.39, 0.29) is 5.33 Å². The van der Waals surface area contributed by atoms with E-state index in [9.17, 15) is 28.1 Å². The zero-order valence-corrected chi connectivity index (χ0v) is 12.6. The summed E-state index contributed by atoms with van der Waals surface area (Å²) in [5.41, 5.74) is -3.42. The van der Waals surface area contributed by atoms with Crippen molar-refractivity contribution in [1.29, 1.82) is 0 Å². The molecule has 0 unspecified atom stereocenters. The summed E-state index contributed by atoms with van der Waals surface area (Å²) in [6.45, 7) is 2.75. The Bertz CT molecular complexity index is 572. The summed E-state index contributed by atoms with van der Waals surface area (Å²) >= 11 is 2.94. The molecule has 0 aliphatic heterocycles. The number of nitro benzene ring substituents is 1. The molecule has 21 heavy (non-hydrogen) atoms. The minimum atomic E-state index is -4.70. The number of ether oxygens (including phenoxy) is 1. The van der Waals surface area contributed by atoms with Crippen molar-refractivity contribution in [2.24, 2.45) is 0 Å². The minimum absolute atomic E-state index is 0.0472. The molecule has 0 amide bonds. The smallest absolute Gasteiger partial charge is 0.416 e. The lowest BCUT2D eigenvalue weighted by Crippen LogP contribution is -2.39. The first-order valence-corrected chi connectivity index (χ1v) is 6.75. The van der Waals surface area contributed by atoms with Crippen LogP contribution >= 0.6 is 15.9 Å². The van der Waals surface area contributed by atoms with Gasteiger partial charge in [0.15, 0.2) is 17.1 Å². The average molecular weight is 370 g/mol. The summed E-state index contributed by atoms with van der Waals surface area (Å²) in [5, 5.41) is 10.8. The van der Waals surface area contributed by atoms with Crippen molar-refractivity contribution in [3.8, 4) is 5.75 Å². The molecule has 0 atom stereocenters. The van der Waals surface area contributed by atoms with Gasteiger partial charge in [-0.15, -0.1) is 0 Å². The summed E-state index contributed by atoms with van der Waals surface area (Å²) in [6.07, 6.45) is -4.70. The van der Waals surface area contributed by atoms with Crippen LogP contribution in [0.25, 0.3) is 0 Å². The van der Waals surface area contributed by atoms with Crippen LogP contribution in [0.4, 0.5) is 18.9 Å². The van der Waals surface area contributed by atoms with Gasteiger partial charge in [0.2, 0.25) is 0 Å². The number of hydrogen-bond acceptors (Lipinski definition) is 4. The molecule has 0 N–H and O–H groups in total. The van der Waals surface area contributed by atoms with E-state index in [0.717, 1.165) is 6.07 Å². The molecular weight excluding hydrogens is 359 g/mol. The molecule has 0 bridgehead atoms. The van der Waals surface area contributed by atoms with Crippen molar-refractivity contribution in [2.75, 3.05) is 5.33 Å². The lowest BCUT2D eigenvalue weighted by molar-refractivity contribution is -0.386. The van der Waals surface area contributed by atoms with E-state index in [1.807, 2.05) is 0 Å². The van der Waals surface area contributed by atoms with Crippen molar-refractivity contribution in [3.63, 3.8) is 0 Å².